The molecule has 4 heteroatoms. The van der Waals surface area contributed by atoms with E-state index in [-0.39, 0.29) is 17.8 Å². The highest BCUT2D eigenvalue weighted by Gasteiger charge is 2.28. The van der Waals surface area contributed by atoms with Gasteiger partial charge in [0.2, 0.25) is 5.91 Å². The monoisotopic (exact) mass is 264 g/mol. The molecule has 0 saturated heterocycles. The first-order chi connectivity index (χ1) is 9.19. The van der Waals surface area contributed by atoms with E-state index in [1.54, 1.807) is 7.05 Å². The van der Waals surface area contributed by atoms with Gasteiger partial charge in [0.25, 0.3) is 0 Å². The summed E-state index contributed by atoms with van der Waals surface area (Å²) in [6.45, 7) is 0.361. The standard InChI is InChI=1S/C15H21FN2O/c1-17-10-15(19)18-14-4-2-3-12(14)9-11-5-7-13(16)8-6-11/h5-8,12,14,17H,2-4,9-10H2,1H3,(H,18,19)/t12-,14-/m0/s1. The number of benzene rings is 1. The smallest absolute Gasteiger partial charge is 0.234 e. The first-order valence-corrected chi connectivity index (χ1v) is 6.87. The molecule has 1 aliphatic carbocycles. The number of hydrogen-bond donors (Lipinski definition) is 2. The number of hydrogen-bond acceptors (Lipinski definition) is 2. The molecule has 0 radical (unpaired) electrons. The van der Waals surface area contributed by atoms with Gasteiger partial charge < -0.3 is 10.6 Å². The Bertz CT molecular complexity index is 419. The van der Waals surface area contributed by atoms with E-state index in [1.807, 2.05) is 12.1 Å². The third-order valence-electron chi connectivity index (χ3n) is 3.75. The number of nitrogens with one attached hydrogen (secondary N) is 2. The third kappa shape index (κ3) is 4.03. The van der Waals surface area contributed by atoms with Crippen LogP contribution in [0.1, 0.15) is 24.8 Å². The van der Waals surface area contributed by atoms with E-state index in [0.29, 0.717) is 12.5 Å². The SMILES string of the molecule is CNCC(=O)N[C@H]1CCC[C@H]1Cc1ccc(F)cc1. The van der Waals surface area contributed by atoms with Gasteiger partial charge in [0.1, 0.15) is 5.82 Å². The summed E-state index contributed by atoms with van der Waals surface area (Å²) >= 11 is 0. The molecule has 104 valence electrons. The molecule has 1 aliphatic rings. The molecular formula is C15H21FN2O. The second-order valence-corrected chi connectivity index (χ2v) is 5.23. The Kier molecular flexibility index (Phi) is 4.91. The second-order valence-electron chi connectivity index (χ2n) is 5.23. The van der Waals surface area contributed by atoms with Crippen LogP contribution in [-0.4, -0.2) is 25.5 Å². The van der Waals surface area contributed by atoms with Gasteiger partial charge in [0, 0.05) is 6.04 Å². The fourth-order valence-electron chi connectivity index (χ4n) is 2.81. The van der Waals surface area contributed by atoms with E-state index in [0.717, 1.165) is 31.2 Å². The highest BCUT2D eigenvalue weighted by atomic mass is 19.1. The van der Waals surface area contributed by atoms with Crippen LogP contribution in [0.5, 0.6) is 0 Å². The summed E-state index contributed by atoms with van der Waals surface area (Å²) in [7, 11) is 1.77. The van der Waals surface area contributed by atoms with Gasteiger partial charge in [-0.15, -0.1) is 0 Å². The lowest BCUT2D eigenvalue weighted by atomic mass is 9.94. The topological polar surface area (TPSA) is 41.1 Å². The Morgan fingerprint density at radius 2 is 2.05 bits per heavy atom. The number of halogens is 1. The van der Waals surface area contributed by atoms with Crippen molar-refractivity contribution in [3.63, 3.8) is 0 Å². The minimum atomic E-state index is -0.200. The molecule has 19 heavy (non-hydrogen) atoms. The molecule has 1 saturated carbocycles. The average molecular weight is 264 g/mol. The van der Waals surface area contributed by atoms with Crippen LogP contribution in [0, 0.1) is 11.7 Å². The van der Waals surface area contributed by atoms with E-state index in [4.69, 9.17) is 0 Å². The predicted octanol–water partition coefficient (Wildman–Crippen LogP) is 1.87. The highest BCUT2D eigenvalue weighted by Crippen LogP contribution is 2.28. The van der Waals surface area contributed by atoms with Crippen LogP contribution in [0.15, 0.2) is 24.3 Å². The lowest BCUT2D eigenvalue weighted by Gasteiger charge is -2.21. The van der Waals surface area contributed by atoms with Gasteiger partial charge in [0.05, 0.1) is 6.54 Å². The molecule has 0 heterocycles. The lowest BCUT2D eigenvalue weighted by Crippen LogP contribution is -2.41. The molecule has 0 aromatic heterocycles. The van der Waals surface area contributed by atoms with Crippen molar-refractivity contribution >= 4 is 5.91 Å². The van der Waals surface area contributed by atoms with Crippen molar-refractivity contribution in [2.24, 2.45) is 5.92 Å². The van der Waals surface area contributed by atoms with Gasteiger partial charge in [-0.2, -0.15) is 0 Å². The van der Waals surface area contributed by atoms with Gasteiger partial charge in [-0.3, -0.25) is 4.79 Å². The van der Waals surface area contributed by atoms with Crippen molar-refractivity contribution in [1.82, 2.24) is 10.6 Å². The highest BCUT2D eigenvalue weighted by molar-refractivity contribution is 5.78. The number of rotatable bonds is 5. The van der Waals surface area contributed by atoms with Crippen molar-refractivity contribution in [2.45, 2.75) is 31.7 Å². The molecule has 1 aromatic rings. The summed E-state index contributed by atoms with van der Waals surface area (Å²) in [6.07, 6.45) is 4.23. The molecule has 0 spiro atoms. The van der Waals surface area contributed by atoms with Crippen LogP contribution in [-0.2, 0) is 11.2 Å². The molecule has 1 amide bonds. The zero-order valence-electron chi connectivity index (χ0n) is 11.3. The first kappa shape index (κ1) is 14.0. The third-order valence-corrected chi connectivity index (χ3v) is 3.75. The molecule has 2 atom stereocenters. The number of carbonyl (C=O) groups is 1. The summed E-state index contributed by atoms with van der Waals surface area (Å²) in [4.78, 5) is 11.6. The number of carbonyl (C=O) groups excluding carboxylic acids is 1. The van der Waals surface area contributed by atoms with E-state index in [9.17, 15) is 9.18 Å². The van der Waals surface area contributed by atoms with E-state index in [1.165, 1.54) is 12.1 Å². The molecule has 0 aliphatic heterocycles. The van der Waals surface area contributed by atoms with Crippen molar-refractivity contribution in [3.05, 3.63) is 35.6 Å². The maximum absolute atomic E-state index is 12.9. The fourth-order valence-corrected chi connectivity index (χ4v) is 2.81. The second kappa shape index (κ2) is 6.66. The van der Waals surface area contributed by atoms with E-state index in [2.05, 4.69) is 10.6 Å². The summed E-state index contributed by atoms with van der Waals surface area (Å²) in [5.74, 6) is 0.318. The maximum atomic E-state index is 12.9. The van der Waals surface area contributed by atoms with Crippen LogP contribution in [0.4, 0.5) is 4.39 Å². The van der Waals surface area contributed by atoms with E-state index < -0.39 is 0 Å². The molecule has 0 bridgehead atoms. The van der Waals surface area contributed by atoms with Crippen LogP contribution in [0.3, 0.4) is 0 Å². The minimum absolute atomic E-state index is 0.0542. The molecule has 2 N–H and O–H groups in total. The van der Waals surface area contributed by atoms with Crippen molar-refractivity contribution in [2.75, 3.05) is 13.6 Å². The lowest BCUT2D eigenvalue weighted by molar-refractivity contribution is -0.121. The molecule has 2 rings (SSSR count). The van der Waals surface area contributed by atoms with Gasteiger partial charge in [-0.05, 0) is 49.9 Å². The van der Waals surface area contributed by atoms with Crippen LogP contribution in [0.25, 0.3) is 0 Å². The van der Waals surface area contributed by atoms with Crippen molar-refractivity contribution in [1.29, 1.82) is 0 Å². The zero-order chi connectivity index (χ0) is 13.7. The van der Waals surface area contributed by atoms with Crippen molar-refractivity contribution < 1.29 is 9.18 Å². The number of likely N-dealkylation sites (N-methyl/N-ethyl adjacent to an activating group) is 1. The predicted molar refractivity (Wildman–Crippen MR) is 73.3 cm³/mol. The van der Waals surface area contributed by atoms with E-state index >= 15 is 0 Å². The van der Waals surface area contributed by atoms with Gasteiger partial charge in [-0.1, -0.05) is 18.6 Å². The minimum Gasteiger partial charge on any atom is -0.352 e. The Labute approximate surface area is 113 Å². The van der Waals surface area contributed by atoms with Gasteiger partial charge >= 0.3 is 0 Å². The zero-order valence-corrected chi connectivity index (χ0v) is 11.3. The summed E-state index contributed by atoms with van der Waals surface area (Å²) in [5.41, 5.74) is 1.14. The van der Waals surface area contributed by atoms with Crippen molar-refractivity contribution in [3.8, 4) is 0 Å². The maximum Gasteiger partial charge on any atom is 0.234 e. The van der Waals surface area contributed by atoms with Gasteiger partial charge in [0.15, 0.2) is 0 Å². The Morgan fingerprint density at radius 1 is 1.32 bits per heavy atom. The van der Waals surface area contributed by atoms with Crippen LogP contribution >= 0.6 is 0 Å². The summed E-state index contributed by atoms with van der Waals surface area (Å²) < 4.78 is 12.9. The number of amides is 1. The van der Waals surface area contributed by atoms with Gasteiger partial charge in [-0.25, -0.2) is 4.39 Å². The molecule has 3 nitrogen and oxygen atoms in total. The summed E-state index contributed by atoms with van der Waals surface area (Å²) in [5, 5.41) is 5.94. The molecule has 0 unspecified atom stereocenters. The normalized spacial score (nSPS) is 22.4. The molecular weight excluding hydrogens is 243 g/mol. The average Bonchev–Trinajstić information content (AvgIpc) is 2.80. The largest absolute Gasteiger partial charge is 0.352 e. The Balaban J connectivity index is 1.91. The molecule has 1 aromatic carbocycles. The van der Waals surface area contributed by atoms with Crippen LogP contribution < -0.4 is 10.6 Å². The Morgan fingerprint density at radius 3 is 2.74 bits per heavy atom. The fraction of sp³-hybridized carbons (Fsp3) is 0.533. The summed E-state index contributed by atoms with van der Waals surface area (Å²) in [6, 6.07) is 6.92. The first-order valence-electron chi connectivity index (χ1n) is 6.87. The quantitative estimate of drug-likeness (QED) is 0.852. The Hall–Kier alpha value is -1.42. The van der Waals surface area contributed by atoms with Crippen LogP contribution in [0.2, 0.25) is 0 Å². The molecule has 1 fully saturated rings.